The van der Waals surface area contributed by atoms with Crippen LogP contribution in [0.4, 0.5) is 13.2 Å². The number of carbonyl (C=O) groups is 1. The molecule has 2 saturated carbocycles. The van der Waals surface area contributed by atoms with Gasteiger partial charge in [0.25, 0.3) is 5.91 Å². The van der Waals surface area contributed by atoms with Gasteiger partial charge in [0.15, 0.2) is 5.69 Å². The van der Waals surface area contributed by atoms with Crippen molar-refractivity contribution in [1.82, 2.24) is 15.1 Å². The van der Waals surface area contributed by atoms with E-state index in [4.69, 9.17) is 0 Å². The maximum absolute atomic E-state index is 13.0. The maximum Gasteiger partial charge on any atom is 0.433 e. The minimum Gasteiger partial charge on any atom is -0.349 e. The van der Waals surface area contributed by atoms with E-state index in [1.54, 1.807) is 0 Å². The van der Waals surface area contributed by atoms with Crippen molar-refractivity contribution in [3.8, 4) is 0 Å². The summed E-state index contributed by atoms with van der Waals surface area (Å²) in [5.74, 6) is 1.04. The molecular formula is C15H20F3N3O. The van der Waals surface area contributed by atoms with Crippen LogP contribution < -0.4 is 5.32 Å². The second-order valence-electron chi connectivity index (χ2n) is 6.63. The first kappa shape index (κ1) is 15.4. The van der Waals surface area contributed by atoms with Crippen molar-refractivity contribution in [3.63, 3.8) is 0 Å². The maximum atomic E-state index is 13.0. The summed E-state index contributed by atoms with van der Waals surface area (Å²) in [7, 11) is 1.19. The van der Waals surface area contributed by atoms with Crippen molar-refractivity contribution in [2.75, 3.05) is 0 Å². The fraction of sp³-hybridized carbons (Fsp3) is 0.733. The minimum absolute atomic E-state index is 0.107. The lowest BCUT2D eigenvalue weighted by Gasteiger charge is -2.28. The van der Waals surface area contributed by atoms with Gasteiger partial charge in [-0.3, -0.25) is 9.48 Å². The smallest absolute Gasteiger partial charge is 0.349 e. The number of nitrogens with one attached hydrogen (secondary N) is 1. The topological polar surface area (TPSA) is 46.9 Å². The van der Waals surface area contributed by atoms with Gasteiger partial charge in [-0.05, 0) is 43.9 Å². The van der Waals surface area contributed by atoms with E-state index in [0.29, 0.717) is 16.5 Å². The number of amides is 1. The second kappa shape index (κ2) is 5.28. The van der Waals surface area contributed by atoms with Crippen LogP contribution in [0.1, 0.15) is 48.7 Å². The molecule has 1 aromatic rings. The van der Waals surface area contributed by atoms with Crippen molar-refractivity contribution in [2.24, 2.45) is 24.8 Å². The van der Waals surface area contributed by atoms with Crippen molar-refractivity contribution in [1.29, 1.82) is 0 Å². The number of aromatic nitrogens is 2. The number of carbonyl (C=O) groups excluding carboxylic acids is 1. The van der Waals surface area contributed by atoms with Crippen molar-refractivity contribution in [2.45, 2.75) is 44.8 Å². The quantitative estimate of drug-likeness (QED) is 0.932. The monoisotopic (exact) mass is 315 g/mol. The van der Waals surface area contributed by atoms with E-state index in [9.17, 15) is 18.0 Å². The highest BCUT2D eigenvalue weighted by molar-refractivity contribution is 5.95. The second-order valence-corrected chi connectivity index (χ2v) is 6.63. The minimum atomic E-state index is -4.59. The largest absolute Gasteiger partial charge is 0.433 e. The molecular weight excluding hydrogens is 295 g/mol. The van der Waals surface area contributed by atoms with E-state index < -0.39 is 23.3 Å². The summed E-state index contributed by atoms with van der Waals surface area (Å²) in [5.41, 5.74) is -1.39. The molecule has 1 N–H and O–H groups in total. The first-order valence-corrected chi connectivity index (χ1v) is 7.67. The normalized spacial score (nSPS) is 28.9. The van der Waals surface area contributed by atoms with Gasteiger partial charge in [0, 0.05) is 13.1 Å². The van der Waals surface area contributed by atoms with E-state index in [-0.39, 0.29) is 6.04 Å². The summed E-state index contributed by atoms with van der Waals surface area (Å²) < 4.78 is 39.8. The van der Waals surface area contributed by atoms with Crippen LogP contribution in [-0.2, 0) is 13.2 Å². The SMILES string of the molecule is CC(NC(=O)c1cnn(C)c1C(F)(F)F)C1CC2CCC1C2. The summed E-state index contributed by atoms with van der Waals surface area (Å²) in [5, 5.41) is 6.34. The Labute approximate surface area is 127 Å². The zero-order chi connectivity index (χ0) is 16.1. The van der Waals surface area contributed by atoms with Gasteiger partial charge >= 0.3 is 6.18 Å². The molecule has 1 aromatic heterocycles. The van der Waals surface area contributed by atoms with Gasteiger partial charge in [-0.1, -0.05) is 6.42 Å². The molecule has 4 nitrogen and oxygen atoms in total. The molecule has 2 aliphatic rings. The zero-order valence-corrected chi connectivity index (χ0v) is 12.7. The van der Waals surface area contributed by atoms with Crippen LogP contribution in [0.2, 0.25) is 0 Å². The van der Waals surface area contributed by atoms with E-state index in [0.717, 1.165) is 18.5 Å². The van der Waals surface area contributed by atoms with Gasteiger partial charge in [0.2, 0.25) is 0 Å². The molecule has 7 heteroatoms. The summed E-state index contributed by atoms with van der Waals surface area (Å²) in [6.07, 6.45) is 1.11. The van der Waals surface area contributed by atoms with Gasteiger partial charge in [-0.15, -0.1) is 0 Å². The average molecular weight is 315 g/mol. The van der Waals surface area contributed by atoms with Gasteiger partial charge < -0.3 is 5.32 Å². The standard InChI is InChI=1S/C15H20F3N3O/c1-8(11-6-9-3-4-10(11)5-9)20-14(22)12-7-19-21(2)13(12)15(16,17)18/h7-11H,3-6H2,1-2H3,(H,20,22). The summed E-state index contributed by atoms with van der Waals surface area (Å²) >= 11 is 0. The fourth-order valence-electron chi connectivity index (χ4n) is 4.24. The molecule has 1 heterocycles. The molecule has 4 unspecified atom stereocenters. The highest BCUT2D eigenvalue weighted by Gasteiger charge is 2.43. The molecule has 0 aromatic carbocycles. The molecule has 22 heavy (non-hydrogen) atoms. The molecule has 1 amide bonds. The summed E-state index contributed by atoms with van der Waals surface area (Å²) in [4.78, 5) is 12.2. The van der Waals surface area contributed by atoms with Gasteiger partial charge in [-0.2, -0.15) is 18.3 Å². The number of alkyl halides is 3. The van der Waals surface area contributed by atoms with Crippen LogP contribution in [-0.4, -0.2) is 21.7 Å². The van der Waals surface area contributed by atoms with Gasteiger partial charge in [-0.25, -0.2) is 0 Å². The number of hydrogen-bond donors (Lipinski definition) is 1. The van der Waals surface area contributed by atoms with Crippen molar-refractivity contribution < 1.29 is 18.0 Å². The van der Waals surface area contributed by atoms with Crippen LogP contribution in [0.3, 0.4) is 0 Å². The van der Waals surface area contributed by atoms with Crippen LogP contribution >= 0.6 is 0 Å². The lowest BCUT2D eigenvalue weighted by atomic mass is 9.84. The lowest BCUT2D eigenvalue weighted by Crippen LogP contribution is -2.40. The Morgan fingerprint density at radius 2 is 2.14 bits per heavy atom. The number of fused-ring (bicyclic) bond motifs is 2. The number of hydrogen-bond acceptors (Lipinski definition) is 2. The Kier molecular flexibility index (Phi) is 3.69. The predicted octanol–water partition coefficient (Wildman–Crippen LogP) is 2.99. The van der Waals surface area contributed by atoms with E-state index in [2.05, 4.69) is 10.4 Å². The molecule has 0 aliphatic heterocycles. The Hall–Kier alpha value is -1.53. The Morgan fingerprint density at radius 1 is 1.41 bits per heavy atom. The van der Waals surface area contributed by atoms with Crippen molar-refractivity contribution in [3.05, 3.63) is 17.5 Å². The Bertz CT molecular complexity index is 581. The number of rotatable bonds is 3. The molecule has 0 radical (unpaired) electrons. The van der Waals surface area contributed by atoms with Crippen LogP contribution in [0.25, 0.3) is 0 Å². The third kappa shape index (κ3) is 2.61. The molecule has 122 valence electrons. The van der Waals surface area contributed by atoms with E-state index >= 15 is 0 Å². The van der Waals surface area contributed by atoms with Crippen LogP contribution in [0.15, 0.2) is 6.20 Å². The Morgan fingerprint density at radius 3 is 2.68 bits per heavy atom. The molecule has 0 saturated heterocycles. The highest BCUT2D eigenvalue weighted by Crippen LogP contribution is 2.49. The molecule has 2 aliphatic carbocycles. The third-order valence-corrected chi connectivity index (χ3v) is 5.25. The number of halogens is 3. The number of nitrogens with zero attached hydrogens (tertiary/aromatic N) is 2. The predicted molar refractivity (Wildman–Crippen MR) is 74.1 cm³/mol. The first-order chi connectivity index (χ1) is 10.3. The molecule has 0 spiro atoms. The molecule has 4 atom stereocenters. The Balaban J connectivity index is 1.73. The fourth-order valence-corrected chi connectivity index (χ4v) is 4.24. The lowest BCUT2D eigenvalue weighted by molar-refractivity contribution is -0.144. The number of aryl methyl sites for hydroxylation is 1. The van der Waals surface area contributed by atoms with E-state index in [1.165, 1.54) is 26.3 Å². The highest BCUT2D eigenvalue weighted by atomic mass is 19.4. The zero-order valence-electron chi connectivity index (χ0n) is 12.7. The summed E-state index contributed by atoms with van der Waals surface area (Å²) in [6, 6.07) is -0.107. The van der Waals surface area contributed by atoms with Gasteiger partial charge in [0.1, 0.15) is 0 Å². The van der Waals surface area contributed by atoms with Crippen LogP contribution in [0.5, 0.6) is 0 Å². The van der Waals surface area contributed by atoms with Crippen molar-refractivity contribution >= 4 is 5.91 Å². The summed E-state index contributed by atoms with van der Waals surface area (Å²) in [6.45, 7) is 1.90. The molecule has 3 rings (SSSR count). The third-order valence-electron chi connectivity index (χ3n) is 5.25. The van der Waals surface area contributed by atoms with Crippen LogP contribution in [0, 0.1) is 17.8 Å². The molecule has 2 bridgehead atoms. The van der Waals surface area contributed by atoms with Gasteiger partial charge in [0.05, 0.1) is 11.8 Å². The molecule has 2 fully saturated rings. The average Bonchev–Trinajstić information content (AvgIpc) is 3.11. The first-order valence-electron chi connectivity index (χ1n) is 7.67. The van der Waals surface area contributed by atoms with E-state index in [1.807, 2.05) is 6.92 Å².